The van der Waals surface area contributed by atoms with E-state index in [-0.39, 0.29) is 0 Å². The molecular weight excluding hydrogens is 224 g/mol. The van der Waals surface area contributed by atoms with Crippen molar-refractivity contribution in [2.45, 2.75) is 64.3 Å². The standard InChI is InChI=1S/C15H28N2O/c1-12-7-9-17(10-8-12)15(18)6-5-13-3-2-4-14(16)11-13/h12-14H,2-11,16H2,1H3. The fraction of sp³-hybridized carbons (Fsp3) is 0.933. The maximum absolute atomic E-state index is 12.1. The minimum Gasteiger partial charge on any atom is -0.343 e. The molecule has 1 aliphatic carbocycles. The van der Waals surface area contributed by atoms with Gasteiger partial charge in [0.2, 0.25) is 5.91 Å². The maximum Gasteiger partial charge on any atom is 0.222 e. The minimum absolute atomic E-state index is 0.376. The highest BCUT2D eigenvalue weighted by Crippen LogP contribution is 2.27. The molecule has 3 nitrogen and oxygen atoms in total. The van der Waals surface area contributed by atoms with E-state index in [0.29, 0.717) is 17.9 Å². The van der Waals surface area contributed by atoms with Crippen LogP contribution in [-0.4, -0.2) is 29.9 Å². The normalized spacial score (nSPS) is 30.4. The largest absolute Gasteiger partial charge is 0.343 e. The number of rotatable bonds is 3. The van der Waals surface area contributed by atoms with Gasteiger partial charge in [-0.25, -0.2) is 0 Å². The Hall–Kier alpha value is -0.570. The fourth-order valence-corrected chi connectivity index (χ4v) is 3.34. The monoisotopic (exact) mass is 252 g/mol. The molecule has 1 saturated carbocycles. The summed E-state index contributed by atoms with van der Waals surface area (Å²) in [5.41, 5.74) is 5.99. The third-order valence-electron chi connectivity index (χ3n) is 4.73. The number of nitrogens with zero attached hydrogens (tertiary/aromatic N) is 1. The van der Waals surface area contributed by atoms with Crippen molar-refractivity contribution in [2.24, 2.45) is 17.6 Å². The Kier molecular flexibility index (Phi) is 5.04. The summed E-state index contributed by atoms with van der Waals surface area (Å²) in [7, 11) is 0. The first kappa shape index (κ1) is 13.9. The van der Waals surface area contributed by atoms with Crippen molar-refractivity contribution >= 4 is 5.91 Å². The van der Waals surface area contributed by atoms with Gasteiger partial charge in [-0.3, -0.25) is 4.79 Å². The molecule has 0 aromatic heterocycles. The molecule has 0 aromatic carbocycles. The molecule has 2 rings (SSSR count). The number of nitrogens with two attached hydrogens (primary N) is 1. The summed E-state index contributed by atoms with van der Waals surface area (Å²) < 4.78 is 0. The lowest BCUT2D eigenvalue weighted by molar-refractivity contribution is -0.132. The number of hydrogen-bond donors (Lipinski definition) is 1. The number of carbonyl (C=O) groups excluding carboxylic acids is 1. The molecule has 1 aliphatic heterocycles. The third kappa shape index (κ3) is 3.98. The average molecular weight is 252 g/mol. The number of likely N-dealkylation sites (tertiary alicyclic amines) is 1. The van der Waals surface area contributed by atoms with E-state index in [2.05, 4.69) is 11.8 Å². The van der Waals surface area contributed by atoms with E-state index in [1.807, 2.05) is 0 Å². The van der Waals surface area contributed by atoms with Gasteiger partial charge in [0.05, 0.1) is 0 Å². The molecule has 1 amide bonds. The predicted octanol–water partition coefficient (Wildman–Crippen LogP) is 2.54. The highest BCUT2D eigenvalue weighted by Gasteiger charge is 2.23. The van der Waals surface area contributed by atoms with Gasteiger partial charge in [-0.1, -0.05) is 19.8 Å². The summed E-state index contributed by atoms with van der Waals surface area (Å²) in [5, 5.41) is 0. The highest BCUT2D eigenvalue weighted by molar-refractivity contribution is 5.76. The van der Waals surface area contributed by atoms with Crippen LogP contribution in [0.1, 0.15) is 58.3 Å². The number of amides is 1. The van der Waals surface area contributed by atoms with Crippen molar-refractivity contribution in [3.63, 3.8) is 0 Å². The first-order chi connectivity index (χ1) is 8.65. The van der Waals surface area contributed by atoms with Gasteiger partial charge in [0, 0.05) is 25.6 Å². The van der Waals surface area contributed by atoms with Crippen LogP contribution in [0.15, 0.2) is 0 Å². The fourth-order valence-electron chi connectivity index (χ4n) is 3.34. The van der Waals surface area contributed by atoms with E-state index in [4.69, 9.17) is 5.73 Å². The molecule has 104 valence electrons. The summed E-state index contributed by atoms with van der Waals surface area (Å²) in [6, 6.07) is 0.384. The van der Waals surface area contributed by atoms with Crippen LogP contribution in [0.3, 0.4) is 0 Å². The van der Waals surface area contributed by atoms with Crippen LogP contribution in [0.5, 0.6) is 0 Å². The van der Waals surface area contributed by atoms with Crippen molar-refractivity contribution in [2.75, 3.05) is 13.1 Å². The van der Waals surface area contributed by atoms with Crippen LogP contribution in [0.25, 0.3) is 0 Å². The molecule has 1 saturated heterocycles. The molecule has 18 heavy (non-hydrogen) atoms. The first-order valence-electron chi connectivity index (χ1n) is 7.68. The maximum atomic E-state index is 12.1. The van der Waals surface area contributed by atoms with Gasteiger partial charge in [0.15, 0.2) is 0 Å². The van der Waals surface area contributed by atoms with Crippen molar-refractivity contribution in [3.8, 4) is 0 Å². The molecule has 2 fully saturated rings. The van der Waals surface area contributed by atoms with E-state index in [1.54, 1.807) is 0 Å². The zero-order chi connectivity index (χ0) is 13.0. The van der Waals surface area contributed by atoms with E-state index in [9.17, 15) is 4.79 Å². The van der Waals surface area contributed by atoms with Gasteiger partial charge < -0.3 is 10.6 Å². The van der Waals surface area contributed by atoms with E-state index >= 15 is 0 Å². The molecule has 0 aromatic rings. The van der Waals surface area contributed by atoms with Crippen LogP contribution in [0.4, 0.5) is 0 Å². The molecule has 0 bridgehead atoms. The number of piperidine rings is 1. The molecule has 2 aliphatic rings. The zero-order valence-electron chi connectivity index (χ0n) is 11.7. The Morgan fingerprint density at radius 3 is 2.61 bits per heavy atom. The SMILES string of the molecule is CC1CCN(C(=O)CCC2CCCC(N)C2)CC1. The lowest BCUT2D eigenvalue weighted by atomic mass is 9.83. The van der Waals surface area contributed by atoms with E-state index < -0.39 is 0 Å². The first-order valence-corrected chi connectivity index (χ1v) is 7.68. The molecule has 3 heteroatoms. The topological polar surface area (TPSA) is 46.3 Å². The number of hydrogen-bond acceptors (Lipinski definition) is 2. The Labute approximate surface area is 111 Å². The molecule has 0 radical (unpaired) electrons. The van der Waals surface area contributed by atoms with Crippen LogP contribution < -0.4 is 5.73 Å². The molecule has 2 N–H and O–H groups in total. The van der Waals surface area contributed by atoms with Gasteiger partial charge in [0.25, 0.3) is 0 Å². The molecule has 1 heterocycles. The molecule has 2 unspecified atom stereocenters. The smallest absolute Gasteiger partial charge is 0.222 e. The van der Waals surface area contributed by atoms with Crippen molar-refractivity contribution < 1.29 is 4.79 Å². The quantitative estimate of drug-likeness (QED) is 0.839. The minimum atomic E-state index is 0.376. The Morgan fingerprint density at radius 1 is 1.22 bits per heavy atom. The summed E-state index contributed by atoms with van der Waals surface area (Å²) >= 11 is 0. The molecule has 2 atom stereocenters. The second kappa shape index (κ2) is 6.55. The van der Waals surface area contributed by atoms with Gasteiger partial charge in [-0.2, -0.15) is 0 Å². The summed E-state index contributed by atoms with van der Waals surface area (Å²) in [4.78, 5) is 14.2. The Balaban J connectivity index is 1.68. The predicted molar refractivity (Wildman–Crippen MR) is 74.1 cm³/mol. The number of carbonyl (C=O) groups is 1. The van der Waals surface area contributed by atoms with Gasteiger partial charge in [0.1, 0.15) is 0 Å². The van der Waals surface area contributed by atoms with Crippen LogP contribution in [-0.2, 0) is 4.79 Å². The third-order valence-corrected chi connectivity index (χ3v) is 4.73. The zero-order valence-corrected chi connectivity index (χ0v) is 11.7. The summed E-state index contributed by atoms with van der Waals surface area (Å²) in [6.07, 6.45) is 8.99. The second-order valence-electron chi connectivity index (χ2n) is 6.39. The van der Waals surface area contributed by atoms with Gasteiger partial charge in [-0.05, 0) is 43.9 Å². The van der Waals surface area contributed by atoms with Gasteiger partial charge in [-0.15, -0.1) is 0 Å². The second-order valence-corrected chi connectivity index (χ2v) is 6.39. The van der Waals surface area contributed by atoms with E-state index in [0.717, 1.165) is 38.3 Å². The lowest BCUT2D eigenvalue weighted by Crippen LogP contribution is -2.38. The van der Waals surface area contributed by atoms with Crippen molar-refractivity contribution in [1.29, 1.82) is 0 Å². The van der Waals surface area contributed by atoms with Crippen LogP contribution in [0, 0.1) is 11.8 Å². The Bertz CT molecular complexity index is 272. The summed E-state index contributed by atoms with van der Waals surface area (Å²) in [6.45, 7) is 4.24. The highest BCUT2D eigenvalue weighted by atomic mass is 16.2. The Morgan fingerprint density at radius 2 is 1.94 bits per heavy atom. The average Bonchev–Trinajstić information content (AvgIpc) is 2.37. The van der Waals surface area contributed by atoms with Gasteiger partial charge >= 0.3 is 0 Å². The van der Waals surface area contributed by atoms with E-state index in [1.165, 1.54) is 32.1 Å². The molecule has 0 spiro atoms. The van der Waals surface area contributed by atoms with Crippen LogP contribution in [0.2, 0.25) is 0 Å². The van der Waals surface area contributed by atoms with Crippen LogP contribution >= 0.6 is 0 Å². The lowest BCUT2D eigenvalue weighted by Gasteiger charge is -2.31. The summed E-state index contributed by atoms with van der Waals surface area (Å²) in [5.74, 6) is 1.87. The molecular formula is C15H28N2O. The van der Waals surface area contributed by atoms with Crippen molar-refractivity contribution in [3.05, 3.63) is 0 Å². The van der Waals surface area contributed by atoms with Crippen molar-refractivity contribution in [1.82, 2.24) is 4.90 Å².